The maximum absolute atomic E-state index is 12.9. The Morgan fingerprint density at radius 1 is 1.11 bits per heavy atom. The van der Waals surface area contributed by atoms with E-state index in [4.69, 9.17) is 9.47 Å². The fourth-order valence-corrected chi connectivity index (χ4v) is 3.51. The fourth-order valence-electron chi connectivity index (χ4n) is 3.51. The molecule has 27 heavy (non-hydrogen) atoms. The molecule has 0 spiro atoms. The van der Waals surface area contributed by atoms with E-state index in [9.17, 15) is 9.90 Å². The van der Waals surface area contributed by atoms with E-state index < -0.39 is 6.04 Å². The third-order valence-corrected chi connectivity index (χ3v) is 4.98. The molecule has 0 aliphatic carbocycles. The highest BCUT2D eigenvalue weighted by atomic mass is 16.5. The van der Waals surface area contributed by atoms with Crippen LogP contribution in [-0.4, -0.2) is 48.9 Å². The summed E-state index contributed by atoms with van der Waals surface area (Å²) in [5.74, 6) is 0.0770. The summed E-state index contributed by atoms with van der Waals surface area (Å²) in [4.78, 5) is 15.0. The number of ether oxygens (including phenoxy) is 2. The van der Waals surface area contributed by atoms with Gasteiger partial charge in [-0.25, -0.2) is 4.79 Å². The molecule has 152 valence electrons. The van der Waals surface area contributed by atoms with Gasteiger partial charge in [0, 0.05) is 13.1 Å². The lowest BCUT2D eigenvalue weighted by Crippen LogP contribution is -2.43. The van der Waals surface area contributed by atoms with E-state index in [2.05, 4.69) is 46.4 Å². The average Bonchev–Trinajstić information content (AvgIpc) is 2.55. The number of esters is 1. The lowest BCUT2D eigenvalue weighted by atomic mass is 9.77. The van der Waals surface area contributed by atoms with Crippen molar-refractivity contribution in [2.45, 2.75) is 65.3 Å². The van der Waals surface area contributed by atoms with Crippen molar-refractivity contribution in [3.8, 4) is 5.75 Å². The van der Waals surface area contributed by atoms with Crippen molar-refractivity contribution in [3.63, 3.8) is 0 Å². The first-order chi connectivity index (χ1) is 12.5. The van der Waals surface area contributed by atoms with Crippen molar-refractivity contribution < 1.29 is 19.4 Å². The summed E-state index contributed by atoms with van der Waals surface area (Å²) >= 11 is 0. The first kappa shape index (κ1) is 21.7. The van der Waals surface area contributed by atoms with E-state index in [1.807, 2.05) is 19.1 Å². The van der Waals surface area contributed by atoms with Crippen LogP contribution in [0.15, 0.2) is 12.1 Å². The summed E-state index contributed by atoms with van der Waals surface area (Å²) in [6.07, 6.45) is 0. The molecule has 5 heteroatoms. The van der Waals surface area contributed by atoms with Crippen LogP contribution in [0.25, 0.3) is 0 Å². The third kappa shape index (κ3) is 5.02. The van der Waals surface area contributed by atoms with E-state index in [1.54, 1.807) is 0 Å². The Bertz CT molecular complexity index is 629. The molecule has 1 heterocycles. The number of aromatic hydroxyl groups is 1. The van der Waals surface area contributed by atoms with E-state index in [0.717, 1.165) is 16.7 Å². The highest BCUT2D eigenvalue weighted by Crippen LogP contribution is 2.41. The largest absolute Gasteiger partial charge is 0.507 e. The second-order valence-electron chi connectivity index (χ2n) is 9.27. The number of hydrogen-bond acceptors (Lipinski definition) is 5. The summed E-state index contributed by atoms with van der Waals surface area (Å²) in [5, 5.41) is 11.0. The number of carbonyl (C=O) groups is 1. The van der Waals surface area contributed by atoms with E-state index in [-0.39, 0.29) is 16.8 Å². The lowest BCUT2D eigenvalue weighted by Gasteiger charge is -2.35. The summed E-state index contributed by atoms with van der Waals surface area (Å²) in [5.41, 5.74) is 2.09. The molecule has 1 fully saturated rings. The topological polar surface area (TPSA) is 59.0 Å². The molecule has 2 rings (SSSR count). The number of rotatable bonds is 4. The molecule has 5 nitrogen and oxygen atoms in total. The SMILES string of the molecule is CCOC(=O)C(c1cc(C(C)(C)C)c(O)c(C(C)(C)C)c1)N1CCOCC1. The number of phenolic OH excluding ortho intramolecular Hbond substituents is 1. The van der Waals surface area contributed by atoms with Crippen LogP contribution in [0, 0.1) is 0 Å². The zero-order valence-electron chi connectivity index (χ0n) is 17.9. The summed E-state index contributed by atoms with van der Waals surface area (Å²) < 4.78 is 10.9. The minimum Gasteiger partial charge on any atom is -0.507 e. The van der Waals surface area contributed by atoms with Gasteiger partial charge >= 0.3 is 5.97 Å². The molecule has 1 aromatic rings. The highest BCUT2D eigenvalue weighted by Gasteiger charge is 2.34. The Labute approximate surface area is 163 Å². The Balaban J connectivity index is 2.64. The zero-order valence-corrected chi connectivity index (χ0v) is 17.9. The van der Waals surface area contributed by atoms with Crippen molar-refractivity contribution in [2.75, 3.05) is 32.9 Å². The van der Waals surface area contributed by atoms with Crippen molar-refractivity contribution >= 4 is 5.97 Å². The third-order valence-electron chi connectivity index (χ3n) is 4.98. The maximum Gasteiger partial charge on any atom is 0.328 e. The van der Waals surface area contributed by atoms with Crippen LogP contribution in [0.2, 0.25) is 0 Å². The van der Waals surface area contributed by atoms with Crippen LogP contribution < -0.4 is 0 Å². The van der Waals surface area contributed by atoms with Gasteiger partial charge in [0.05, 0.1) is 19.8 Å². The maximum atomic E-state index is 12.9. The molecular formula is C22H35NO4. The quantitative estimate of drug-likeness (QED) is 0.806. The van der Waals surface area contributed by atoms with Crippen LogP contribution in [0.1, 0.15) is 71.2 Å². The van der Waals surface area contributed by atoms with E-state index >= 15 is 0 Å². The van der Waals surface area contributed by atoms with Crippen LogP contribution >= 0.6 is 0 Å². The lowest BCUT2D eigenvalue weighted by molar-refractivity contribution is -0.151. The van der Waals surface area contributed by atoms with Crippen LogP contribution in [0.5, 0.6) is 5.75 Å². The highest BCUT2D eigenvalue weighted by molar-refractivity contribution is 5.78. The molecule has 1 aromatic carbocycles. The second kappa shape index (κ2) is 8.19. The molecule has 0 saturated carbocycles. The number of benzene rings is 1. The van der Waals surface area contributed by atoms with Gasteiger partial charge in [-0.05, 0) is 46.6 Å². The first-order valence-corrected chi connectivity index (χ1v) is 9.83. The van der Waals surface area contributed by atoms with Gasteiger partial charge in [0.25, 0.3) is 0 Å². The molecule has 1 aliphatic rings. The normalized spacial score (nSPS) is 17.6. The summed E-state index contributed by atoms with van der Waals surface area (Å²) in [6, 6.07) is 3.46. The van der Waals surface area contributed by atoms with Gasteiger partial charge in [-0.3, -0.25) is 4.90 Å². The van der Waals surface area contributed by atoms with Gasteiger partial charge in [0.15, 0.2) is 0 Å². The number of morpholine rings is 1. The summed E-state index contributed by atoms with van der Waals surface area (Å²) in [6.45, 7) is 17.2. The second-order valence-corrected chi connectivity index (χ2v) is 9.27. The van der Waals surface area contributed by atoms with Gasteiger partial charge in [-0.2, -0.15) is 0 Å². The Morgan fingerprint density at radius 2 is 1.59 bits per heavy atom. The molecular weight excluding hydrogens is 342 g/mol. The van der Waals surface area contributed by atoms with E-state index in [0.29, 0.717) is 38.7 Å². The van der Waals surface area contributed by atoms with Crippen molar-refractivity contribution in [1.82, 2.24) is 4.90 Å². The monoisotopic (exact) mass is 377 g/mol. The van der Waals surface area contributed by atoms with Gasteiger partial charge in [-0.1, -0.05) is 41.5 Å². The predicted molar refractivity (Wildman–Crippen MR) is 107 cm³/mol. The minimum absolute atomic E-state index is 0.246. The molecule has 1 N–H and O–H groups in total. The van der Waals surface area contributed by atoms with Gasteiger partial charge in [-0.15, -0.1) is 0 Å². The van der Waals surface area contributed by atoms with Crippen molar-refractivity contribution in [1.29, 1.82) is 0 Å². The standard InChI is InChI=1S/C22H35NO4/c1-8-27-20(25)18(23-9-11-26-12-10-23)15-13-16(21(2,3)4)19(24)17(14-15)22(5,6)7/h13-14,18,24H,8-12H2,1-7H3. The molecule has 1 unspecified atom stereocenters. The van der Waals surface area contributed by atoms with Gasteiger partial charge in [0.1, 0.15) is 11.8 Å². The number of nitrogens with zero attached hydrogens (tertiary/aromatic N) is 1. The fraction of sp³-hybridized carbons (Fsp3) is 0.682. The molecule has 0 amide bonds. The Morgan fingerprint density at radius 3 is 2.00 bits per heavy atom. The van der Waals surface area contributed by atoms with Gasteiger partial charge < -0.3 is 14.6 Å². The predicted octanol–water partition coefficient (Wildman–Crippen LogP) is 3.92. The Hall–Kier alpha value is -1.59. The van der Waals surface area contributed by atoms with Crippen LogP contribution in [-0.2, 0) is 25.1 Å². The van der Waals surface area contributed by atoms with Crippen molar-refractivity contribution in [2.24, 2.45) is 0 Å². The Kier molecular flexibility index (Phi) is 6.59. The number of hydrogen-bond donors (Lipinski definition) is 1. The molecule has 0 bridgehead atoms. The average molecular weight is 378 g/mol. The number of phenols is 1. The van der Waals surface area contributed by atoms with Crippen LogP contribution in [0.4, 0.5) is 0 Å². The number of carbonyl (C=O) groups excluding carboxylic acids is 1. The molecule has 0 radical (unpaired) electrons. The molecule has 1 aliphatic heterocycles. The minimum atomic E-state index is -0.489. The zero-order chi connectivity index (χ0) is 20.4. The van der Waals surface area contributed by atoms with E-state index in [1.165, 1.54) is 0 Å². The smallest absolute Gasteiger partial charge is 0.328 e. The van der Waals surface area contributed by atoms with Crippen LogP contribution in [0.3, 0.4) is 0 Å². The summed E-state index contributed by atoms with van der Waals surface area (Å²) in [7, 11) is 0. The first-order valence-electron chi connectivity index (χ1n) is 9.83. The van der Waals surface area contributed by atoms with Gasteiger partial charge in [0.2, 0.25) is 0 Å². The molecule has 1 atom stereocenters. The molecule has 1 saturated heterocycles. The van der Waals surface area contributed by atoms with Crippen molar-refractivity contribution in [3.05, 3.63) is 28.8 Å². The molecule has 0 aromatic heterocycles.